The molecule has 160 valence electrons. The highest BCUT2D eigenvalue weighted by molar-refractivity contribution is 7.99. The number of hydrogen-bond donors (Lipinski definition) is 1. The molecule has 1 N–H and O–H groups in total. The molecule has 0 aliphatic carbocycles. The molecule has 2 aromatic carbocycles. The molecule has 30 heavy (non-hydrogen) atoms. The van der Waals surface area contributed by atoms with Crippen LogP contribution >= 0.6 is 11.8 Å². The Kier molecular flexibility index (Phi) is 7.53. The monoisotopic (exact) mass is 430 g/mol. The van der Waals surface area contributed by atoms with E-state index < -0.39 is 4.92 Å². The second-order valence-electron chi connectivity index (χ2n) is 7.11. The fourth-order valence-electron chi connectivity index (χ4n) is 3.32. The van der Waals surface area contributed by atoms with Crippen LogP contribution in [0, 0.1) is 10.1 Å². The Labute approximate surface area is 180 Å². The first kappa shape index (κ1) is 21.9. The molecule has 0 spiro atoms. The second-order valence-corrected chi connectivity index (χ2v) is 8.10. The molecule has 1 saturated heterocycles. The third-order valence-electron chi connectivity index (χ3n) is 4.96. The minimum atomic E-state index is -0.463. The second kappa shape index (κ2) is 10.3. The first-order valence-corrected chi connectivity index (χ1v) is 10.8. The molecule has 0 aromatic heterocycles. The minimum absolute atomic E-state index is 0.0684. The number of amides is 1. The number of carbonyl (C=O) groups is 1. The number of nitrogens with one attached hydrogen (secondary N) is 1. The topological polar surface area (TPSA) is 88.0 Å². The van der Waals surface area contributed by atoms with Crippen molar-refractivity contribution in [3.05, 3.63) is 58.1 Å². The van der Waals surface area contributed by atoms with Crippen molar-refractivity contribution in [2.45, 2.75) is 5.75 Å². The van der Waals surface area contributed by atoms with Crippen LogP contribution in [0.1, 0.15) is 5.56 Å². The van der Waals surface area contributed by atoms with E-state index in [0.29, 0.717) is 5.75 Å². The molecular formula is C21H26N4O4S. The Morgan fingerprint density at radius 1 is 1.20 bits per heavy atom. The van der Waals surface area contributed by atoms with E-state index in [1.54, 1.807) is 12.1 Å². The highest BCUT2D eigenvalue weighted by atomic mass is 32.2. The van der Waals surface area contributed by atoms with Crippen LogP contribution in [0.15, 0.2) is 42.5 Å². The van der Waals surface area contributed by atoms with Gasteiger partial charge in [0.2, 0.25) is 5.91 Å². The van der Waals surface area contributed by atoms with Crippen molar-refractivity contribution in [1.82, 2.24) is 4.90 Å². The van der Waals surface area contributed by atoms with Crippen molar-refractivity contribution in [3.63, 3.8) is 0 Å². The van der Waals surface area contributed by atoms with Crippen molar-refractivity contribution in [2.24, 2.45) is 0 Å². The largest absolute Gasteiger partial charge is 0.490 e. The molecule has 0 atom stereocenters. The molecule has 1 heterocycles. The van der Waals surface area contributed by atoms with Gasteiger partial charge in [0.25, 0.3) is 0 Å². The smallest absolute Gasteiger partial charge is 0.311 e. The Balaban J connectivity index is 1.56. The number of nitrogens with zero attached hydrogens (tertiary/aromatic N) is 3. The molecule has 3 rings (SSSR count). The predicted molar refractivity (Wildman–Crippen MR) is 121 cm³/mol. The van der Waals surface area contributed by atoms with Crippen LogP contribution in [0.25, 0.3) is 0 Å². The lowest BCUT2D eigenvalue weighted by Gasteiger charge is -2.35. The number of piperazine rings is 1. The number of anilines is 2. The van der Waals surface area contributed by atoms with Crippen LogP contribution in [0.4, 0.5) is 17.1 Å². The maximum atomic E-state index is 12.5. The van der Waals surface area contributed by atoms with Gasteiger partial charge in [-0.1, -0.05) is 18.2 Å². The van der Waals surface area contributed by atoms with E-state index in [4.69, 9.17) is 4.74 Å². The third-order valence-corrected chi connectivity index (χ3v) is 5.97. The van der Waals surface area contributed by atoms with Gasteiger partial charge >= 0.3 is 5.69 Å². The molecule has 1 aliphatic heterocycles. The molecule has 0 bridgehead atoms. The van der Waals surface area contributed by atoms with Crippen LogP contribution in [0.2, 0.25) is 0 Å². The molecular weight excluding hydrogens is 404 g/mol. The summed E-state index contributed by atoms with van der Waals surface area (Å²) in [6.07, 6.45) is 0. The van der Waals surface area contributed by atoms with E-state index in [1.165, 1.54) is 24.9 Å². The normalized spacial score (nSPS) is 14.4. The number of rotatable bonds is 8. The van der Waals surface area contributed by atoms with Crippen LogP contribution in [-0.4, -0.2) is 61.8 Å². The number of benzene rings is 2. The third kappa shape index (κ3) is 5.64. The summed E-state index contributed by atoms with van der Waals surface area (Å²) in [6, 6.07) is 12.7. The van der Waals surface area contributed by atoms with Gasteiger partial charge in [-0.15, -0.1) is 11.8 Å². The predicted octanol–water partition coefficient (Wildman–Crippen LogP) is 3.23. The number of hydrogen-bond acceptors (Lipinski definition) is 7. The van der Waals surface area contributed by atoms with Gasteiger partial charge in [-0.2, -0.15) is 0 Å². The van der Waals surface area contributed by atoms with Crippen LogP contribution in [0.5, 0.6) is 5.75 Å². The fourth-order valence-corrected chi connectivity index (χ4v) is 4.09. The van der Waals surface area contributed by atoms with E-state index in [-0.39, 0.29) is 23.1 Å². The standard InChI is InChI=1S/C21H26N4O4S/c1-23-9-11-24(12-10-23)18-6-4-3-5-17(18)22-21(26)15-30-14-16-7-8-20(29-2)19(13-16)25(27)28/h3-8,13H,9-12,14-15H2,1-2H3,(H,22,26). The molecule has 1 aliphatic rings. The van der Waals surface area contributed by atoms with E-state index in [2.05, 4.69) is 22.2 Å². The van der Waals surface area contributed by atoms with E-state index >= 15 is 0 Å². The van der Waals surface area contributed by atoms with E-state index in [9.17, 15) is 14.9 Å². The zero-order chi connectivity index (χ0) is 21.5. The Morgan fingerprint density at radius 3 is 2.63 bits per heavy atom. The summed E-state index contributed by atoms with van der Waals surface area (Å²) < 4.78 is 5.02. The van der Waals surface area contributed by atoms with E-state index in [1.807, 2.05) is 24.3 Å². The molecule has 1 fully saturated rings. The quantitative estimate of drug-likeness (QED) is 0.508. The summed E-state index contributed by atoms with van der Waals surface area (Å²) in [6.45, 7) is 3.83. The number of para-hydroxylation sites is 2. The SMILES string of the molecule is COc1ccc(CSCC(=O)Nc2ccccc2N2CCN(C)CC2)cc1[N+](=O)[O-]. The zero-order valence-corrected chi connectivity index (χ0v) is 18.0. The van der Waals surface area contributed by atoms with Crippen molar-refractivity contribution in [2.75, 3.05) is 56.3 Å². The summed E-state index contributed by atoms with van der Waals surface area (Å²) >= 11 is 1.41. The van der Waals surface area contributed by atoms with E-state index in [0.717, 1.165) is 43.1 Å². The van der Waals surface area contributed by atoms with Crippen LogP contribution in [-0.2, 0) is 10.5 Å². The molecule has 9 heteroatoms. The van der Waals surface area contributed by atoms with Crippen molar-refractivity contribution in [1.29, 1.82) is 0 Å². The number of thioether (sulfide) groups is 1. The number of nitro groups is 1. The number of methoxy groups -OCH3 is 1. The van der Waals surface area contributed by atoms with Gasteiger partial charge in [0.1, 0.15) is 0 Å². The molecule has 8 nitrogen and oxygen atoms in total. The lowest BCUT2D eigenvalue weighted by molar-refractivity contribution is -0.385. The first-order chi connectivity index (χ1) is 14.5. The average Bonchev–Trinajstić information content (AvgIpc) is 2.74. The van der Waals surface area contributed by atoms with Crippen molar-refractivity contribution in [3.8, 4) is 5.75 Å². The Hall–Kier alpha value is -2.78. The molecule has 2 aromatic rings. The Bertz CT molecular complexity index is 900. The molecule has 0 radical (unpaired) electrons. The summed E-state index contributed by atoms with van der Waals surface area (Å²) in [5.41, 5.74) is 2.56. The summed E-state index contributed by atoms with van der Waals surface area (Å²) in [4.78, 5) is 27.7. The maximum Gasteiger partial charge on any atom is 0.311 e. The van der Waals surface area contributed by atoms with Gasteiger partial charge in [0, 0.05) is 38.0 Å². The fraction of sp³-hybridized carbons (Fsp3) is 0.381. The average molecular weight is 431 g/mol. The number of ether oxygens (including phenoxy) is 1. The zero-order valence-electron chi connectivity index (χ0n) is 17.2. The van der Waals surface area contributed by atoms with Gasteiger partial charge in [-0.05, 0) is 30.8 Å². The van der Waals surface area contributed by atoms with Gasteiger partial charge in [0.15, 0.2) is 5.75 Å². The lowest BCUT2D eigenvalue weighted by Crippen LogP contribution is -2.44. The Morgan fingerprint density at radius 2 is 1.93 bits per heavy atom. The molecule has 1 amide bonds. The van der Waals surface area contributed by atoms with Crippen molar-refractivity contribution >= 4 is 34.7 Å². The summed E-state index contributed by atoms with van der Waals surface area (Å²) in [7, 11) is 3.51. The van der Waals surface area contributed by atoms with Gasteiger partial charge in [-0.3, -0.25) is 14.9 Å². The van der Waals surface area contributed by atoms with Crippen molar-refractivity contribution < 1.29 is 14.5 Å². The van der Waals surface area contributed by atoms with Gasteiger partial charge < -0.3 is 19.9 Å². The van der Waals surface area contributed by atoms with Gasteiger partial charge in [-0.25, -0.2) is 0 Å². The highest BCUT2D eigenvalue weighted by Gasteiger charge is 2.18. The first-order valence-electron chi connectivity index (χ1n) is 9.69. The number of nitro benzene ring substituents is 1. The molecule has 0 unspecified atom stereocenters. The number of carbonyl (C=O) groups excluding carboxylic acids is 1. The van der Waals surface area contributed by atoms with Crippen LogP contribution in [0.3, 0.4) is 0 Å². The summed E-state index contributed by atoms with van der Waals surface area (Å²) in [5, 5.41) is 14.2. The minimum Gasteiger partial charge on any atom is -0.490 e. The summed E-state index contributed by atoms with van der Waals surface area (Å²) in [5.74, 6) is 0.895. The van der Waals surface area contributed by atoms with Crippen LogP contribution < -0.4 is 15.0 Å². The maximum absolute atomic E-state index is 12.5. The number of likely N-dealkylation sites (N-methyl/N-ethyl adjacent to an activating group) is 1. The highest BCUT2D eigenvalue weighted by Crippen LogP contribution is 2.29. The van der Waals surface area contributed by atoms with Gasteiger partial charge in [0.05, 0.1) is 29.2 Å². The molecule has 0 saturated carbocycles. The lowest BCUT2D eigenvalue weighted by atomic mass is 10.2.